The van der Waals surface area contributed by atoms with Gasteiger partial charge in [0.15, 0.2) is 0 Å². The molecule has 2 atom stereocenters. The minimum atomic E-state index is 0.438. The third-order valence-electron chi connectivity index (χ3n) is 5.20. The Morgan fingerprint density at radius 2 is 2.10 bits per heavy atom. The molecule has 2 aliphatic rings. The second-order valence-corrected chi connectivity index (χ2v) is 6.28. The van der Waals surface area contributed by atoms with Gasteiger partial charge >= 0.3 is 0 Å². The lowest BCUT2D eigenvalue weighted by molar-refractivity contribution is -0.173. The lowest BCUT2D eigenvalue weighted by Crippen LogP contribution is -2.66. The molecule has 2 fully saturated rings. The molecule has 1 N–H and O–H groups in total. The maximum atomic E-state index is 5.91. The summed E-state index contributed by atoms with van der Waals surface area (Å²) in [5.41, 5.74) is 1.74. The quantitative estimate of drug-likeness (QED) is 0.833. The number of benzene rings is 1. The Hall–Kier alpha value is -1.06. The summed E-state index contributed by atoms with van der Waals surface area (Å²) in [6.45, 7) is 6.61. The molecule has 2 saturated carbocycles. The highest BCUT2D eigenvalue weighted by Crippen LogP contribution is 2.57. The predicted molar refractivity (Wildman–Crippen MR) is 84.6 cm³/mol. The van der Waals surface area contributed by atoms with Gasteiger partial charge in [-0.1, -0.05) is 18.6 Å². The zero-order chi connectivity index (χ0) is 14.7. The van der Waals surface area contributed by atoms with Crippen molar-refractivity contribution in [1.29, 1.82) is 0 Å². The molecule has 21 heavy (non-hydrogen) atoms. The standard InChI is InChI=1S/C18H27NO2/c1-3-20-15-8-5-7-14(11-15)13-19-16-12-17(21-4-2)18(16)9-6-10-18/h5,7-8,11,16-17,19H,3-4,6,9-10,12-13H2,1-2H3. The third kappa shape index (κ3) is 2.82. The van der Waals surface area contributed by atoms with Gasteiger partial charge in [-0.05, 0) is 50.8 Å². The van der Waals surface area contributed by atoms with Crippen LogP contribution in [0.5, 0.6) is 5.75 Å². The van der Waals surface area contributed by atoms with Crippen LogP contribution in [-0.4, -0.2) is 25.4 Å². The van der Waals surface area contributed by atoms with Gasteiger partial charge in [-0.15, -0.1) is 0 Å². The first-order valence-electron chi connectivity index (χ1n) is 8.35. The molecule has 1 aromatic rings. The van der Waals surface area contributed by atoms with Crippen molar-refractivity contribution in [1.82, 2.24) is 5.32 Å². The average Bonchev–Trinajstić information content (AvgIpc) is 2.41. The van der Waals surface area contributed by atoms with E-state index in [9.17, 15) is 0 Å². The first-order chi connectivity index (χ1) is 10.3. The van der Waals surface area contributed by atoms with Crippen LogP contribution in [0.2, 0.25) is 0 Å². The van der Waals surface area contributed by atoms with Crippen LogP contribution < -0.4 is 10.1 Å². The van der Waals surface area contributed by atoms with Crippen LogP contribution in [0.15, 0.2) is 24.3 Å². The van der Waals surface area contributed by atoms with Crippen molar-refractivity contribution in [3.8, 4) is 5.75 Å². The summed E-state index contributed by atoms with van der Waals surface area (Å²) in [6.07, 6.45) is 5.67. The van der Waals surface area contributed by atoms with Crippen molar-refractivity contribution in [2.24, 2.45) is 5.41 Å². The van der Waals surface area contributed by atoms with Crippen molar-refractivity contribution in [3.05, 3.63) is 29.8 Å². The normalized spacial score (nSPS) is 26.2. The molecule has 0 heterocycles. The molecule has 3 nitrogen and oxygen atoms in total. The fourth-order valence-electron chi connectivity index (χ4n) is 3.88. The van der Waals surface area contributed by atoms with E-state index in [1.807, 2.05) is 13.0 Å². The summed E-state index contributed by atoms with van der Waals surface area (Å²) in [5.74, 6) is 0.968. The van der Waals surface area contributed by atoms with Gasteiger partial charge in [-0.3, -0.25) is 0 Å². The first kappa shape index (κ1) is 14.9. The van der Waals surface area contributed by atoms with Gasteiger partial charge < -0.3 is 14.8 Å². The molecule has 1 aromatic carbocycles. The number of hydrogen-bond acceptors (Lipinski definition) is 3. The molecule has 3 heteroatoms. The molecule has 2 unspecified atom stereocenters. The van der Waals surface area contributed by atoms with E-state index in [1.54, 1.807) is 0 Å². The van der Waals surface area contributed by atoms with Crippen LogP contribution in [-0.2, 0) is 11.3 Å². The lowest BCUT2D eigenvalue weighted by atomic mass is 9.51. The van der Waals surface area contributed by atoms with E-state index in [1.165, 1.54) is 31.2 Å². The monoisotopic (exact) mass is 289 g/mol. The Labute approximate surface area is 128 Å². The SMILES string of the molecule is CCOc1cccc(CNC2CC(OCC)C23CCC3)c1. The summed E-state index contributed by atoms with van der Waals surface area (Å²) in [5, 5.41) is 3.75. The maximum absolute atomic E-state index is 5.91. The molecule has 0 bridgehead atoms. The van der Waals surface area contributed by atoms with E-state index in [0.717, 1.165) is 25.5 Å². The number of ether oxygens (including phenoxy) is 2. The zero-order valence-electron chi connectivity index (χ0n) is 13.2. The van der Waals surface area contributed by atoms with E-state index in [4.69, 9.17) is 9.47 Å². The van der Waals surface area contributed by atoms with Gasteiger partial charge in [-0.2, -0.15) is 0 Å². The second kappa shape index (κ2) is 6.37. The van der Waals surface area contributed by atoms with Gasteiger partial charge in [0.2, 0.25) is 0 Å². The van der Waals surface area contributed by atoms with Crippen LogP contribution in [0.25, 0.3) is 0 Å². The van der Waals surface area contributed by atoms with Crippen LogP contribution >= 0.6 is 0 Å². The Morgan fingerprint density at radius 3 is 2.76 bits per heavy atom. The van der Waals surface area contributed by atoms with Crippen molar-refractivity contribution < 1.29 is 9.47 Å². The summed E-state index contributed by atoms with van der Waals surface area (Å²) < 4.78 is 11.5. The van der Waals surface area contributed by atoms with E-state index in [-0.39, 0.29) is 0 Å². The van der Waals surface area contributed by atoms with Crippen LogP contribution in [0.3, 0.4) is 0 Å². The molecule has 2 aliphatic carbocycles. The summed E-state index contributed by atoms with van der Waals surface area (Å²) >= 11 is 0. The predicted octanol–water partition coefficient (Wildman–Crippen LogP) is 3.52. The van der Waals surface area contributed by atoms with E-state index in [2.05, 4.69) is 30.4 Å². The Morgan fingerprint density at radius 1 is 1.24 bits per heavy atom. The Balaban J connectivity index is 1.55. The topological polar surface area (TPSA) is 30.5 Å². The van der Waals surface area contributed by atoms with Gasteiger partial charge in [-0.25, -0.2) is 0 Å². The lowest BCUT2D eigenvalue weighted by Gasteiger charge is -2.61. The third-order valence-corrected chi connectivity index (χ3v) is 5.20. The van der Waals surface area contributed by atoms with Gasteiger partial charge in [0.25, 0.3) is 0 Å². The van der Waals surface area contributed by atoms with Crippen molar-refractivity contribution >= 4 is 0 Å². The van der Waals surface area contributed by atoms with E-state index in [0.29, 0.717) is 17.6 Å². The van der Waals surface area contributed by atoms with Crippen LogP contribution in [0, 0.1) is 5.41 Å². The van der Waals surface area contributed by atoms with E-state index >= 15 is 0 Å². The minimum Gasteiger partial charge on any atom is -0.494 e. The second-order valence-electron chi connectivity index (χ2n) is 6.28. The molecular formula is C18H27NO2. The summed E-state index contributed by atoms with van der Waals surface area (Å²) in [6, 6.07) is 9.03. The highest BCUT2D eigenvalue weighted by Gasteiger charge is 2.58. The molecule has 0 amide bonds. The van der Waals surface area contributed by atoms with Crippen LogP contribution in [0.4, 0.5) is 0 Å². The first-order valence-corrected chi connectivity index (χ1v) is 8.35. The highest BCUT2D eigenvalue weighted by atomic mass is 16.5. The number of hydrogen-bond donors (Lipinski definition) is 1. The van der Waals surface area contributed by atoms with Crippen molar-refractivity contribution in [2.75, 3.05) is 13.2 Å². The van der Waals surface area contributed by atoms with Gasteiger partial charge in [0, 0.05) is 24.6 Å². The molecule has 0 radical (unpaired) electrons. The van der Waals surface area contributed by atoms with Gasteiger partial charge in [0.05, 0.1) is 12.7 Å². The Bertz CT molecular complexity index is 470. The molecule has 0 aromatic heterocycles. The average molecular weight is 289 g/mol. The number of rotatable bonds is 7. The highest BCUT2D eigenvalue weighted by molar-refractivity contribution is 5.28. The molecule has 3 rings (SSSR count). The largest absolute Gasteiger partial charge is 0.494 e. The molecule has 116 valence electrons. The van der Waals surface area contributed by atoms with Crippen LogP contribution in [0.1, 0.15) is 45.1 Å². The molecule has 1 spiro atoms. The van der Waals surface area contributed by atoms with Crippen molar-refractivity contribution in [2.45, 2.75) is 58.2 Å². The van der Waals surface area contributed by atoms with Crippen molar-refractivity contribution in [3.63, 3.8) is 0 Å². The molecular weight excluding hydrogens is 262 g/mol. The smallest absolute Gasteiger partial charge is 0.119 e. The maximum Gasteiger partial charge on any atom is 0.119 e. The fraction of sp³-hybridized carbons (Fsp3) is 0.667. The fourth-order valence-corrected chi connectivity index (χ4v) is 3.88. The molecule has 0 aliphatic heterocycles. The number of nitrogens with one attached hydrogen (secondary N) is 1. The Kier molecular flexibility index (Phi) is 4.51. The zero-order valence-corrected chi connectivity index (χ0v) is 13.2. The van der Waals surface area contributed by atoms with Gasteiger partial charge in [0.1, 0.15) is 5.75 Å². The minimum absolute atomic E-state index is 0.438. The molecule has 0 saturated heterocycles. The summed E-state index contributed by atoms with van der Waals surface area (Å²) in [7, 11) is 0. The summed E-state index contributed by atoms with van der Waals surface area (Å²) in [4.78, 5) is 0. The van der Waals surface area contributed by atoms with E-state index < -0.39 is 0 Å².